The van der Waals surface area contributed by atoms with Crippen LogP contribution in [0.25, 0.3) is 11.4 Å². The maximum atomic E-state index is 8.80. The first kappa shape index (κ1) is 21.2. The Bertz CT molecular complexity index is 1180. The monoisotopic (exact) mass is 440 g/mol. The molecule has 0 spiro atoms. The molecule has 0 bridgehead atoms. The molecule has 2 heterocycles. The average molecular weight is 441 g/mol. The largest absolute Gasteiger partial charge is 0.411 e. The van der Waals surface area contributed by atoms with Crippen LogP contribution in [0, 0.1) is 0 Å². The van der Waals surface area contributed by atoms with Crippen molar-refractivity contribution >= 4 is 5.71 Å². The zero-order chi connectivity index (χ0) is 22.6. The third kappa shape index (κ3) is 4.45. The summed E-state index contributed by atoms with van der Waals surface area (Å²) >= 11 is 0. The van der Waals surface area contributed by atoms with Crippen LogP contribution in [0.4, 0.5) is 0 Å². The van der Waals surface area contributed by atoms with Crippen molar-refractivity contribution < 1.29 is 5.21 Å². The van der Waals surface area contributed by atoms with E-state index in [4.69, 9.17) is 10.9 Å². The van der Waals surface area contributed by atoms with Crippen LogP contribution in [0.2, 0.25) is 0 Å². The number of hydrogen-bond acceptors (Lipinski definition) is 5. The first-order chi connectivity index (χ1) is 16.2. The second-order valence-corrected chi connectivity index (χ2v) is 8.61. The Hall–Kier alpha value is -3.71. The number of rotatable bonds is 4. The molecule has 3 unspecified atom stereocenters. The lowest BCUT2D eigenvalue weighted by atomic mass is 9.76. The van der Waals surface area contributed by atoms with E-state index in [1.807, 2.05) is 46.0 Å². The van der Waals surface area contributed by atoms with Gasteiger partial charge < -0.3 is 10.9 Å². The Morgan fingerprint density at radius 1 is 0.788 bits per heavy atom. The molecular weight excluding hydrogens is 412 g/mol. The van der Waals surface area contributed by atoms with Crippen LogP contribution in [0.1, 0.15) is 48.6 Å². The molecular formula is C26H28N6O. The number of oxime groups is 1. The summed E-state index contributed by atoms with van der Waals surface area (Å²) in [6.45, 7) is 0. The van der Waals surface area contributed by atoms with E-state index >= 15 is 0 Å². The Morgan fingerprint density at radius 2 is 1.36 bits per heavy atom. The lowest BCUT2D eigenvalue weighted by Crippen LogP contribution is -2.37. The number of benzene rings is 2. The first-order valence-corrected chi connectivity index (χ1v) is 11.4. The van der Waals surface area contributed by atoms with Crippen LogP contribution in [0.15, 0.2) is 90.6 Å². The summed E-state index contributed by atoms with van der Waals surface area (Å²) < 4.78 is 3.69. The minimum absolute atomic E-state index is 0.298. The van der Waals surface area contributed by atoms with Gasteiger partial charge in [-0.15, -0.1) is 0 Å². The Morgan fingerprint density at radius 3 is 1.73 bits per heavy atom. The van der Waals surface area contributed by atoms with E-state index in [1.54, 1.807) is 12.4 Å². The van der Waals surface area contributed by atoms with Gasteiger partial charge in [-0.1, -0.05) is 29.4 Å². The van der Waals surface area contributed by atoms with Gasteiger partial charge in [-0.2, -0.15) is 10.2 Å². The van der Waals surface area contributed by atoms with E-state index < -0.39 is 0 Å². The predicted molar refractivity (Wildman–Crippen MR) is 128 cm³/mol. The summed E-state index contributed by atoms with van der Waals surface area (Å²) in [6, 6.07) is 21.0. The van der Waals surface area contributed by atoms with Crippen LogP contribution in [-0.2, 0) is 0 Å². The minimum Gasteiger partial charge on any atom is -0.411 e. The second-order valence-electron chi connectivity index (χ2n) is 8.61. The third-order valence-electron chi connectivity index (χ3n) is 6.70. The molecule has 0 aliphatic heterocycles. The molecule has 168 valence electrons. The molecule has 2 aromatic carbocycles. The van der Waals surface area contributed by atoms with E-state index in [-0.39, 0.29) is 0 Å². The third-order valence-corrected chi connectivity index (χ3v) is 6.70. The van der Waals surface area contributed by atoms with Gasteiger partial charge >= 0.3 is 0 Å². The van der Waals surface area contributed by atoms with Crippen LogP contribution >= 0.6 is 0 Å². The summed E-state index contributed by atoms with van der Waals surface area (Å²) in [6.07, 6.45) is 11.8. The van der Waals surface area contributed by atoms with Gasteiger partial charge in [0.2, 0.25) is 0 Å². The molecule has 2 aliphatic carbocycles. The Kier molecular flexibility index (Phi) is 6.04. The summed E-state index contributed by atoms with van der Waals surface area (Å²) in [5.74, 6) is 0.860. The molecule has 2 aliphatic rings. The van der Waals surface area contributed by atoms with Crippen molar-refractivity contribution in [2.45, 2.75) is 43.6 Å². The van der Waals surface area contributed by atoms with Crippen molar-refractivity contribution in [3.05, 3.63) is 96.6 Å². The van der Waals surface area contributed by atoms with Crippen molar-refractivity contribution in [3.63, 3.8) is 0 Å². The molecule has 2 aromatic heterocycles. The molecule has 33 heavy (non-hydrogen) atoms. The van der Waals surface area contributed by atoms with Crippen LogP contribution in [-0.4, -0.2) is 36.5 Å². The molecule has 7 heteroatoms. The SMILES string of the molecule is NC1CCC1c1ccc(-n2cccn2)cc1.ON=C1CCC1c1ccc(-n2cccn2)cc1. The fourth-order valence-electron chi connectivity index (χ4n) is 4.41. The molecule has 0 amide bonds. The van der Waals surface area contributed by atoms with Gasteiger partial charge in [0.1, 0.15) is 0 Å². The van der Waals surface area contributed by atoms with Crippen LogP contribution < -0.4 is 5.73 Å². The second kappa shape index (κ2) is 9.42. The molecule has 3 atom stereocenters. The van der Waals surface area contributed by atoms with Gasteiger partial charge in [-0.25, -0.2) is 9.36 Å². The predicted octanol–water partition coefficient (Wildman–Crippen LogP) is 4.66. The molecule has 7 nitrogen and oxygen atoms in total. The molecule has 2 fully saturated rings. The van der Waals surface area contributed by atoms with Crippen molar-refractivity contribution in [2.75, 3.05) is 0 Å². The lowest BCUT2D eigenvalue weighted by Gasteiger charge is -2.34. The number of nitrogens with zero attached hydrogens (tertiary/aromatic N) is 5. The average Bonchev–Trinajstić information content (AvgIpc) is 3.54. The van der Waals surface area contributed by atoms with Crippen molar-refractivity contribution in [1.82, 2.24) is 19.6 Å². The molecule has 0 radical (unpaired) electrons. The highest BCUT2D eigenvalue weighted by molar-refractivity contribution is 5.95. The highest BCUT2D eigenvalue weighted by Crippen LogP contribution is 2.36. The van der Waals surface area contributed by atoms with Crippen molar-refractivity contribution in [1.29, 1.82) is 0 Å². The summed E-state index contributed by atoms with van der Waals surface area (Å²) in [4.78, 5) is 0. The zero-order valence-electron chi connectivity index (χ0n) is 18.4. The van der Waals surface area contributed by atoms with Gasteiger partial charge in [0.05, 0.1) is 17.1 Å². The van der Waals surface area contributed by atoms with Gasteiger partial charge in [0.15, 0.2) is 0 Å². The van der Waals surface area contributed by atoms with Crippen molar-refractivity contribution in [2.24, 2.45) is 10.9 Å². The number of aromatic nitrogens is 4. The van der Waals surface area contributed by atoms with Gasteiger partial charge in [0, 0.05) is 36.7 Å². The Labute approximate surface area is 193 Å². The lowest BCUT2D eigenvalue weighted by molar-refractivity contribution is 0.310. The van der Waals surface area contributed by atoms with E-state index in [9.17, 15) is 0 Å². The molecule has 0 saturated heterocycles. The number of nitrogens with two attached hydrogens (primary N) is 1. The maximum absolute atomic E-state index is 8.80. The number of hydrogen-bond donors (Lipinski definition) is 2. The van der Waals surface area contributed by atoms with E-state index in [0.717, 1.165) is 36.3 Å². The summed E-state index contributed by atoms with van der Waals surface area (Å²) in [5, 5.41) is 20.5. The molecule has 2 saturated carbocycles. The van der Waals surface area contributed by atoms with E-state index in [0.29, 0.717) is 17.9 Å². The van der Waals surface area contributed by atoms with Crippen LogP contribution in [0.3, 0.4) is 0 Å². The molecule has 3 N–H and O–H groups in total. The smallest absolute Gasteiger partial charge is 0.0645 e. The molecule has 4 aromatic rings. The summed E-state index contributed by atoms with van der Waals surface area (Å²) in [5.41, 5.74) is 11.6. The topological polar surface area (TPSA) is 94.3 Å². The first-order valence-electron chi connectivity index (χ1n) is 11.4. The fourth-order valence-corrected chi connectivity index (χ4v) is 4.41. The standard InChI is InChI=1S/C13H13N3O.C13H15N3/c17-15-13-7-6-12(13)10-2-4-11(5-3-10)16-9-1-8-14-16;14-13-7-6-12(13)10-2-4-11(5-3-10)16-9-1-8-15-16/h1-5,8-9,12,17H,6-7H2;1-5,8-9,12-13H,6-7,14H2. The normalized spacial score (nSPS) is 22.7. The van der Waals surface area contributed by atoms with E-state index in [1.165, 1.54) is 17.5 Å². The fraction of sp³-hybridized carbons (Fsp3) is 0.269. The Balaban J connectivity index is 0.000000139. The maximum Gasteiger partial charge on any atom is 0.0645 e. The van der Waals surface area contributed by atoms with Gasteiger partial charge in [-0.05, 0) is 79.1 Å². The highest BCUT2D eigenvalue weighted by Gasteiger charge is 2.29. The minimum atomic E-state index is 0.298. The van der Waals surface area contributed by atoms with Crippen molar-refractivity contribution in [3.8, 4) is 11.4 Å². The van der Waals surface area contributed by atoms with E-state index in [2.05, 4.69) is 51.8 Å². The van der Waals surface area contributed by atoms with Gasteiger partial charge in [-0.3, -0.25) is 0 Å². The summed E-state index contributed by atoms with van der Waals surface area (Å²) in [7, 11) is 0. The van der Waals surface area contributed by atoms with Crippen LogP contribution in [0.5, 0.6) is 0 Å². The zero-order valence-corrected chi connectivity index (χ0v) is 18.4. The quantitative estimate of drug-likeness (QED) is 0.357. The van der Waals surface area contributed by atoms with Gasteiger partial charge in [0.25, 0.3) is 0 Å². The molecule has 6 rings (SSSR count). The highest BCUT2D eigenvalue weighted by atomic mass is 16.4.